The monoisotopic (exact) mass is 383 g/mol. The van der Waals surface area contributed by atoms with Gasteiger partial charge in [0.1, 0.15) is 0 Å². The summed E-state index contributed by atoms with van der Waals surface area (Å²) in [6.45, 7) is 0.463. The largest absolute Gasteiger partial charge is 0.461 e. The average Bonchev–Trinajstić information content (AvgIpc) is 3.17. The lowest BCUT2D eigenvalue weighted by Gasteiger charge is -2.43. The van der Waals surface area contributed by atoms with Crippen LogP contribution in [0.3, 0.4) is 0 Å². The second-order valence-corrected chi connectivity index (χ2v) is 9.00. The van der Waals surface area contributed by atoms with Gasteiger partial charge in [-0.2, -0.15) is 0 Å². The number of sulfone groups is 1. The smallest absolute Gasteiger partial charge is 0.298 e. The molecule has 0 aliphatic carbocycles. The van der Waals surface area contributed by atoms with E-state index in [9.17, 15) is 22.8 Å². The molecule has 1 aromatic heterocycles. The Bertz CT molecular complexity index is 817. The van der Waals surface area contributed by atoms with Crippen molar-refractivity contribution in [3.8, 4) is 0 Å². The fourth-order valence-corrected chi connectivity index (χ4v) is 5.50. The molecular weight excluding hydrogens is 362 g/mol. The maximum Gasteiger partial charge on any atom is 0.298 e. The Morgan fingerprint density at radius 1 is 1.15 bits per heavy atom. The van der Waals surface area contributed by atoms with Crippen molar-refractivity contribution in [2.75, 3.05) is 45.2 Å². The van der Waals surface area contributed by atoms with E-state index in [1.807, 2.05) is 0 Å². The van der Waals surface area contributed by atoms with Crippen LogP contribution in [0.25, 0.3) is 0 Å². The molecule has 1 aromatic rings. The van der Waals surface area contributed by atoms with E-state index < -0.39 is 33.6 Å². The standard InChI is InChI=1S/C16H21N3O6S/c1-17(2)8-14(20)18-5-6-19(12-10-26(23,24)9-11(12)18)16(22)15(21)13-4-3-7-25-13/h3-4,7,11-12H,5-6,8-10H2,1-2H3/t11-,12+/m0/s1. The van der Waals surface area contributed by atoms with Gasteiger partial charge in [-0.15, -0.1) is 0 Å². The number of furan rings is 1. The highest BCUT2D eigenvalue weighted by atomic mass is 32.2. The van der Waals surface area contributed by atoms with Crippen molar-refractivity contribution in [3.05, 3.63) is 24.2 Å². The lowest BCUT2D eigenvalue weighted by Crippen LogP contribution is -2.63. The molecule has 0 N–H and O–H groups in total. The maximum absolute atomic E-state index is 12.6. The number of hydrogen-bond acceptors (Lipinski definition) is 7. The minimum Gasteiger partial charge on any atom is -0.461 e. The summed E-state index contributed by atoms with van der Waals surface area (Å²) in [5.41, 5.74) is 0. The van der Waals surface area contributed by atoms with E-state index in [1.165, 1.54) is 28.2 Å². The van der Waals surface area contributed by atoms with Crippen LogP contribution in [0.5, 0.6) is 0 Å². The van der Waals surface area contributed by atoms with Gasteiger partial charge < -0.3 is 19.1 Å². The number of carbonyl (C=O) groups excluding carboxylic acids is 3. The summed E-state index contributed by atoms with van der Waals surface area (Å²) >= 11 is 0. The summed E-state index contributed by atoms with van der Waals surface area (Å²) in [4.78, 5) is 41.9. The van der Waals surface area contributed by atoms with Crippen LogP contribution in [0.1, 0.15) is 10.6 Å². The van der Waals surface area contributed by atoms with Gasteiger partial charge in [0.05, 0.1) is 36.4 Å². The number of ketones is 1. The van der Waals surface area contributed by atoms with Gasteiger partial charge in [-0.3, -0.25) is 14.4 Å². The van der Waals surface area contributed by atoms with Gasteiger partial charge in [0, 0.05) is 13.1 Å². The van der Waals surface area contributed by atoms with Crippen LogP contribution < -0.4 is 0 Å². The molecule has 0 bridgehead atoms. The first kappa shape index (κ1) is 18.6. The topological polar surface area (TPSA) is 108 Å². The van der Waals surface area contributed by atoms with Gasteiger partial charge in [-0.25, -0.2) is 8.42 Å². The fourth-order valence-electron chi connectivity index (χ4n) is 3.52. The summed E-state index contributed by atoms with van der Waals surface area (Å²) < 4.78 is 29.3. The molecule has 9 nitrogen and oxygen atoms in total. The molecule has 0 radical (unpaired) electrons. The summed E-state index contributed by atoms with van der Waals surface area (Å²) in [5, 5.41) is 0. The van der Waals surface area contributed by atoms with Crippen molar-refractivity contribution in [2.24, 2.45) is 0 Å². The van der Waals surface area contributed by atoms with Crippen LogP contribution in [-0.2, 0) is 19.4 Å². The number of piperazine rings is 1. The quantitative estimate of drug-likeness (QED) is 0.478. The maximum atomic E-state index is 12.6. The van der Waals surface area contributed by atoms with Gasteiger partial charge in [0.25, 0.3) is 11.7 Å². The Hall–Kier alpha value is -2.20. The van der Waals surface area contributed by atoms with E-state index in [4.69, 9.17) is 4.42 Å². The second kappa shape index (κ2) is 6.84. The number of carbonyl (C=O) groups is 3. The number of fused-ring (bicyclic) bond motifs is 1. The van der Waals surface area contributed by atoms with Crippen molar-refractivity contribution in [1.82, 2.24) is 14.7 Å². The molecule has 2 saturated heterocycles. The molecule has 3 heterocycles. The fraction of sp³-hybridized carbons (Fsp3) is 0.562. The van der Waals surface area contributed by atoms with Crippen molar-refractivity contribution in [1.29, 1.82) is 0 Å². The first-order chi connectivity index (χ1) is 12.2. The van der Waals surface area contributed by atoms with Gasteiger partial charge >= 0.3 is 0 Å². The van der Waals surface area contributed by atoms with Crippen LogP contribution in [0.4, 0.5) is 0 Å². The molecule has 3 rings (SSSR count). The predicted octanol–water partition coefficient (Wildman–Crippen LogP) is -1.14. The zero-order valence-corrected chi connectivity index (χ0v) is 15.4. The third kappa shape index (κ3) is 3.51. The third-order valence-electron chi connectivity index (χ3n) is 4.65. The van der Waals surface area contributed by atoms with Crippen molar-refractivity contribution < 1.29 is 27.2 Å². The van der Waals surface area contributed by atoms with E-state index in [0.717, 1.165) is 0 Å². The average molecular weight is 383 g/mol. The van der Waals surface area contributed by atoms with E-state index >= 15 is 0 Å². The van der Waals surface area contributed by atoms with Crippen LogP contribution in [0, 0.1) is 0 Å². The number of nitrogens with zero attached hydrogens (tertiary/aromatic N) is 3. The van der Waals surface area contributed by atoms with Gasteiger partial charge in [0.2, 0.25) is 5.91 Å². The first-order valence-corrected chi connectivity index (χ1v) is 10.0. The summed E-state index contributed by atoms with van der Waals surface area (Å²) in [6, 6.07) is 1.54. The van der Waals surface area contributed by atoms with Crippen molar-refractivity contribution in [2.45, 2.75) is 12.1 Å². The molecule has 2 atom stereocenters. The molecule has 0 unspecified atom stereocenters. The van der Waals surface area contributed by atoms with Crippen molar-refractivity contribution >= 4 is 27.4 Å². The third-order valence-corrected chi connectivity index (χ3v) is 6.35. The minimum atomic E-state index is -3.41. The molecule has 2 aliphatic rings. The number of hydrogen-bond donors (Lipinski definition) is 0. The van der Waals surface area contributed by atoms with E-state index in [0.29, 0.717) is 0 Å². The number of likely N-dealkylation sites (N-methyl/N-ethyl adjacent to an activating group) is 1. The molecule has 0 aromatic carbocycles. The van der Waals surface area contributed by atoms with Crippen LogP contribution in [0.2, 0.25) is 0 Å². The SMILES string of the molecule is CN(C)CC(=O)N1CCN(C(=O)C(=O)c2ccco2)[C@@H]2CS(=O)(=O)C[C@@H]21. The summed E-state index contributed by atoms with van der Waals surface area (Å²) in [7, 11) is 0.0993. The number of amides is 2. The Morgan fingerprint density at radius 2 is 1.77 bits per heavy atom. The van der Waals surface area contributed by atoms with Crippen LogP contribution in [-0.4, -0.2) is 98.0 Å². The summed E-state index contributed by atoms with van der Waals surface area (Å²) in [6.07, 6.45) is 1.29. The lowest BCUT2D eigenvalue weighted by molar-refractivity contribution is -0.143. The highest BCUT2D eigenvalue weighted by molar-refractivity contribution is 7.91. The molecule has 2 fully saturated rings. The van der Waals surface area contributed by atoms with Gasteiger partial charge in [-0.05, 0) is 26.2 Å². The number of rotatable bonds is 4. The molecule has 10 heteroatoms. The Balaban J connectivity index is 1.84. The minimum absolute atomic E-state index is 0.0847. The molecule has 2 amide bonds. The molecule has 142 valence electrons. The van der Waals surface area contributed by atoms with E-state index in [1.54, 1.807) is 19.0 Å². The Kier molecular flexibility index (Phi) is 4.89. The summed E-state index contributed by atoms with van der Waals surface area (Å²) in [5.74, 6) is -2.33. The lowest BCUT2D eigenvalue weighted by atomic mass is 10.0. The van der Waals surface area contributed by atoms with Crippen molar-refractivity contribution in [3.63, 3.8) is 0 Å². The first-order valence-electron chi connectivity index (χ1n) is 8.23. The van der Waals surface area contributed by atoms with Crippen LogP contribution >= 0.6 is 0 Å². The number of Topliss-reactive ketones (excluding diaryl/α,β-unsaturated/α-hetero) is 1. The van der Waals surface area contributed by atoms with Gasteiger partial charge in [-0.1, -0.05) is 0 Å². The van der Waals surface area contributed by atoms with Gasteiger partial charge in [0.15, 0.2) is 15.6 Å². The molecule has 0 saturated carbocycles. The van der Waals surface area contributed by atoms with Crippen LogP contribution in [0.15, 0.2) is 22.8 Å². The molecule has 2 aliphatic heterocycles. The highest BCUT2D eigenvalue weighted by Gasteiger charge is 2.50. The second-order valence-electron chi connectivity index (χ2n) is 6.84. The molecule has 0 spiro atoms. The molecular formula is C16H21N3O6S. The normalized spacial score (nSPS) is 24.6. The Morgan fingerprint density at radius 3 is 2.35 bits per heavy atom. The highest BCUT2D eigenvalue weighted by Crippen LogP contribution is 2.28. The predicted molar refractivity (Wildman–Crippen MR) is 91.2 cm³/mol. The van der Waals surface area contributed by atoms with E-state index in [-0.39, 0.29) is 42.8 Å². The zero-order valence-electron chi connectivity index (χ0n) is 14.6. The Labute approximate surface area is 151 Å². The zero-order chi connectivity index (χ0) is 19.1. The molecule has 26 heavy (non-hydrogen) atoms. The van der Waals surface area contributed by atoms with E-state index in [2.05, 4.69) is 0 Å².